The number of hydrogen-bond acceptors (Lipinski definition) is 3. The summed E-state index contributed by atoms with van der Waals surface area (Å²) in [5.74, 6) is 0. The van der Waals surface area contributed by atoms with E-state index >= 15 is 0 Å². The van der Waals surface area contributed by atoms with Gasteiger partial charge in [-0.2, -0.15) is 0 Å². The van der Waals surface area contributed by atoms with Crippen molar-refractivity contribution >= 4 is 0 Å². The van der Waals surface area contributed by atoms with E-state index in [0.717, 1.165) is 26.2 Å². The Morgan fingerprint density at radius 1 is 1.33 bits per heavy atom. The highest BCUT2D eigenvalue weighted by atomic mass is 16.5. The summed E-state index contributed by atoms with van der Waals surface area (Å²) >= 11 is 0. The first-order valence-electron chi connectivity index (χ1n) is 6.00. The van der Waals surface area contributed by atoms with Gasteiger partial charge in [0, 0.05) is 25.0 Å². The summed E-state index contributed by atoms with van der Waals surface area (Å²) in [7, 11) is 0. The van der Waals surface area contributed by atoms with E-state index in [0.29, 0.717) is 6.10 Å². The SMILES string of the molecule is CC1(C)CNC(C)(CC2CCCO2)OC1. The average Bonchev–Trinajstić information content (AvgIpc) is 2.64. The van der Waals surface area contributed by atoms with Gasteiger partial charge in [0.25, 0.3) is 0 Å². The first-order valence-corrected chi connectivity index (χ1v) is 6.00. The van der Waals surface area contributed by atoms with Crippen LogP contribution in [0.2, 0.25) is 0 Å². The molecule has 2 atom stereocenters. The average molecular weight is 213 g/mol. The molecule has 2 aliphatic heterocycles. The first-order chi connectivity index (χ1) is 6.99. The van der Waals surface area contributed by atoms with Gasteiger partial charge in [-0.3, -0.25) is 5.32 Å². The van der Waals surface area contributed by atoms with Crippen LogP contribution in [0.15, 0.2) is 0 Å². The zero-order chi connectivity index (χ0) is 10.9. The van der Waals surface area contributed by atoms with Crippen LogP contribution in [0.3, 0.4) is 0 Å². The van der Waals surface area contributed by atoms with Crippen molar-refractivity contribution in [1.29, 1.82) is 0 Å². The van der Waals surface area contributed by atoms with E-state index in [1.165, 1.54) is 12.8 Å². The topological polar surface area (TPSA) is 30.5 Å². The zero-order valence-electron chi connectivity index (χ0n) is 10.1. The molecule has 2 fully saturated rings. The van der Waals surface area contributed by atoms with Gasteiger partial charge in [0.1, 0.15) is 5.72 Å². The summed E-state index contributed by atoms with van der Waals surface area (Å²) in [5, 5.41) is 3.51. The molecule has 0 aromatic rings. The Labute approximate surface area is 92.5 Å². The molecule has 3 heteroatoms. The molecule has 0 aromatic heterocycles. The highest BCUT2D eigenvalue weighted by molar-refractivity contribution is 4.87. The van der Waals surface area contributed by atoms with Crippen LogP contribution < -0.4 is 5.32 Å². The summed E-state index contributed by atoms with van der Waals surface area (Å²) in [6.07, 6.45) is 3.75. The van der Waals surface area contributed by atoms with Crippen molar-refractivity contribution in [3.63, 3.8) is 0 Å². The van der Waals surface area contributed by atoms with Crippen LogP contribution in [-0.4, -0.2) is 31.6 Å². The fourth-order valence-electron chi connectivity index (χ4n) is 2.25. The van der Waals surface area contributed by atoms with Crippen molar-refractivity contribution in [1.82, 2.24) is 5.32 Å². The fourth-order valence-corrected chi connectivity index (χ4v) is 2.25. The van der Waals surface area contributed by atoms with Crippen LogP contribution >= 0.6 is 0 Å². The predicted molar refractivity (Wildman–Crippen MR) is 59.7 cm³/mol. The molecule has 0 radical (unpaired) electrons. The molecule has 88 valence electrons. The van der Waals surface area contributed by atoms with E-state index in [1.54, 1.807) is 0 Å². The minimum absolute atomic E-state index is 0.176. The maximum atomic E-state index is 5.95. The van der Waals surface area contributed by atoms with Crippen LogP contribution in [0.25, 0.3) is 0 Å². The van der Waals surface area contributed by atoms with Crippen LogP contribution in [0.4, 0.5) is 0 Å². The largest absolute Gasteiger partial charge is 0.378 e. The van der Waals surface area contributed by atoms with Gasteiger partial charge in [0.15, 0.2) is 0 Å². The molecule has 2 unspecified atom stereocenters. The van der Waals surface area contributed by atoms with Crippen LogP contribution in [0.5, 0.6) is 0 Å². The molecule has 0 aromatic carbocycles. The van der Waals surface area contributed by atoms with Gasteiger partial charge in [0.05, 0.1) is 12.7 Å². The lowest BCUT2D eigenvalue weighted by Gasteiger charge is -2.43. The van der Waals surface area contributed by atoms with E-state index in [-0.39, 0.29) is 11.1 Å². The van der Waals surface area contributed by atoms with E-state index in [9.17, 15) is 0 Å². The normalized spacial score (nSPS) is 40.6. The molecule has 15 heavy (non-hydrogen) atoms. The molecule has 1 N–H and O–H groups in total. The van der Waals surface area contributed by atoms with Crippen molar-refractivity contribution < 1.29 is 9.47 Å². The first kappa shape index (κ1) is 11.4. The Hall–Kier alpha value is -0.120. The Kier molecular flexibility index (Phi) is 3.06. The Balaban J connectivity index is 1.85. The lowest BCUT2D eigenvalue weighted by atomic mass is 9.91. The number of hydrogen-bond donors (Lipinski definition) is 1. The number of nitrogens with one attached hydrogen (secondary N) is 1. The Morgan fingerprint density at radius 2 is 2.13 bits per heavy atom. The summed E-state index contributed by atoms with van der Waals surface area (Å²) in [5.41, 5.74) is 0.0839. The van der Waals surface area contributed by atoms with Gasteiger partial charge < -0.3 is 9.47 Å². The molecule has 2 saturated heterocycles. The lowest BCUT2D eigenvalue weighted by Crippen LogP contribution is -2.57. The second-order valence-electron chi connectivity index (χ2n) is 5.88. The molecule has 2 heterocycles. The van der Waals surface area contributed by atoms with Crippen molar-refractivity contribution in [2.45, 2.75) is 51.9 Å². The molecule has 3 nitrogen and oxygen atoms in total. The van der Waals surface area contributed by atoms with Crippen LogP contribution in [0.1, 0.15) is 40.0 Å². The second kappa shape index (κ2) is 4.04. The second-order valence-corrected chi connectivity index (χ2v) is 5.88. The highest BCUT2D eigenvalue weighted by Gasteiger charge is 2.37. The zero-order valence-corrected chi connectivity index (χ0v) is 10.1. The standard InChI is InChI=1S/C12H23NO2/c1-11(2)8-13-12(3,15-9-11)7-10-5-4-6-14-10/h10,13H,4-9H2,1-3H3. The van der Waals surface area contributed by atoms with E-state index in [1.807, 2.05) is 0 Å². The van der Waals surface area contributed by atoms with Crippen molar-refractivity contribution in [2.24, 2.45) is 5.41 Å². The Bertz CT molecular complexity index is 212. The molecule has 2 rings (SSSR count). The van der Waals surface area contributed by atoms with Crippen LogP contribution in [-0.2, 0) is 9.47 Å². The molecule has 0 saturated carbocycles. The highest BCUT2D eigenvalue weighted by Crippen LogP contribution is 2.29. The summed E-state index contributed by atoms with van der Waals surface area (Å²) in [6.45, 7) is 9.38. The molecule has 2 aliphatic rings. The van der Waals surface area contributed by atoms with E-state index in [2.05, 4.69) is 26.1 Å². The Morgan fingerprint density at radius 3 is 2.67 bits per heavy atom. The van der Waals surface area contributed by atoms with Gasteiger partial charge in [-0.25, -0.2) is 0 Å². The van der Waals surface area contributed by atoms with Gasteiger partial charge in [-0.05, 0) is 19.8 Å². The van der Waals surface area contributed by atoms with Crippen molar-refractivity contribution in [2.75, 3.05) is 19.8 Å². The third-order valence-electron chi connectivity index (χ3n) is 3.36. The minimum Gasteiger partial charge on any atom is -0.378 e. The van der Waals surface area contributed by atoms with Gasteiger partial charge in [0.2, 0.25) is 0 Å². The van der Waals surface area contributed by atoms with Crippen molar-refractivity contribution in [3.05, 3.63) is 0 Å². The molecular formula is C12H23NO2. The minimum atomic E-state index is -0.176. The van der Waals surface area contributed by atoms with E-state index < -0.39 is 0 Å². The monoisotopic (exact) mass is 213 g/mol. The quantitative estimate of drug-likeness (QED) is 0.760. The summed E-state index contributed by atoms with van der Waals surface area (Å²) in [4.78, 5) is 0. The van der Waals surface area contributed by atoms with Gasteiger partial charge >= 0.3 is 0 Å². The summed E-state index contributed by atoms with van der Waals surface area (Å²) < 4.78 is 11.6. The van der Waals surface area contributed by atoms with Crippen molar-refractivity contribution in [3.8, 4) is 0 Å². The third kappa shape index (κ3) is 2.92. The number of ether oxygens (including phenoxy) is 2. The fraction of sp³-hybridized carbons (Fsp3) is 1.00. The van der Waals surface area contributed by atoms with Crippen LogP contribution in [0, 0.1) is 5.41 Å². The number of rotatable bonds is 2. The molecule has 0 bridgehead atoms. The molecule has 0 amide bonds. The lowest BCUT2D eigenvalue weighted by molar-refractivity contribution is -0.144. The maximum Gasteiger partial charge on any atom is 0.118 e. The predicted octanol–water partition coefficient (Wildman–Crippen LogP) is 1.92. The maximum absolute atomic E-state index is 5.95. The third-order valence-corrected chi connectivity index (χ3v) is 3.36. The molecular weight excluding hydrogens is 190 g/mol. The molecule has 0 spiro atoms. The van der Waals surface area contributed by atoms with Gasteiger partial charge in [-0.1, -0.05) is 13.8 Å². The summed E-state index contributed by atoms with van der Waals surface area (Å²) in [6, 6.07) is 0. The van der Waals surface area contributed by atoms with E-state index in [4.69, 9.17) is 9.47 Å². The molecule has 0 aliphatic carbocycles. The van der Waals surface area contributed by atoms with Gasteiger partial charge in [-0.15, -0.1) is 0 Å². The smallest absolute Gasteiger partial charge is 0.118 e.